The number of benzene rings is 1. The van der Waals surface area contributed by atoms with Crippen LogP contribution in [0.4, 0.5) is 0 Å². The van der Waals surface area contributed by atoms with Gasteiger partial charge in [-0.3, -0.25) is 14.6 Å². The van der Waals surface area contributed by atoms with Crippen LogP contribution in [-0.4, -0.2) is 33.3 Å². The molecule has 7 heteroatoms. The summed E-state index contributed by atoms with van der Waals surface area (Å²) in [4.78, 5) is 31.7. The van der Waals surface area contributed by atoms with Crippen molar-refractivity contribution in [2.45, 2.75) is 25.9 Å². The van der Waals surface area contributed by atoms with Gasteiger partial charge in [-0.05, 0) is 47.9 Å². The van der Waals surface area contributed by atoms with Crippen molar-refractivity contribution in [1.29, 1.82) is 0 Å². The van der Waals surface area contributed by atoms with Crippen LogP contribution in [-0.2, 0) is 11.3 Å². The van der Waals surface area contributed by atoms with Crippen LogP contribution in [0.2, 0.25) is 0 Å². The molecule has 1 atom stereocenters. The molecular weight excluding hydrogens is 396 g/mol. The second kappa shape index (κ2) is 8.87. The van der Waals surface area contributed by atoms with E-state index in [0.29, 0.717) is 17.9 Å². The Balaban J connectivity index is 1.77. The van der Waals surface area contributed by atoms with E-state index >= 15 is 0 Å². The Labute approximate surface area is 179 Å². The highest BCUT2D eigenvalue weighted by atomic mass is 16.5. The molecule has 3 aromatic rings. The molecule has 1 aromatic carbocycles. The Bertz CT molecular complexity index is 1110. The van der Waals surface area contributed by atoms with Crippen LogP contribution in [0.15, 0.2) is 82.9 Å². The molecule has 2 aromatic heterocycles. The summed E-state index contributed by atoms with van der Waals surface area (Å²) in [6.07, 6.45) is 5.52. The van der Waals surface area contributed by atoms with Crippen LogP contribution < -0.4 is 4.74 Å². The van der Waals surface area contributed by atoms with Crippen LogP contribution in [0.5, 0.6) is 5.75 Å². The SMILES string of the molecule is CCCOc1cccc([C@H]2C(C(=O)c3ccco3)=C(O)C(=O)N2Cc2cccnc2)c1. The molecule has 0 saturated carbocycles. The molecule has 3 heterocycles. The molecule has 158 valence electrons. The smallest absolute Gasteiger partial charge is 0.290 e. The summed E-state index contributed by atoms with van der Waals surface area (Å²) in [5.74, 6) is -1.04. The van der Waals surface area contributed by atoms with Crippen LogP contribution in [0.25, 0.3) is 0 Å². The molecule has 0 aliphatic carbocycles. The average molecular weight is 418 g/mol. The van der Waals surface area contributed by atoms with Crippen LogP contribution >= 0.6 is 0 Å². The fraction of sp³-hybridized carbons (Fsp3) is 0.208. The fourth-order valence-corrected chi connectivity index (χ4v) is 3.62. The van der Waals surface area contributed by atoms with E-state index in [4.69, 9.17) is 9.15 Å². The lowest BCUT2D eigenvalue weighted by molar-refractivity contribution is -0.130. The van der Waals surface area contributed by atoms with Gasteiger partial charge in [0.25, 0.3) is 5.91 Å². The standard InChI is InChI=1S/C24H22N2O5/c1-2-11-30-18-8-3-7-17(13-18)21-20(22(27)19-9-5-12-31-19)23(28)24(29)26(21)15-16-6-4-10-25-14-16/h3-10,12-14,21,28H,2,11,15H2,1H3/t21-/m0/s1. The first kappa shape index (κ1) is 20.4. The van der Waals surface area contributed by atoms with E-state index in [1.54, 1.807) is 42.7 Å². The van der Waals surface area contributed by atoms with E-state index in [-0.39, 0.29) is 17.9 Å². The van der Waals surface area contributed by atoms with Gasteiger partial charge < -0.3 is 19.2 Å². The minimum absolute atomic E-state index is 0.0171. The van der Waals surface area contributed by atoms with Crippen LogP contribution in [0.3, 0.4) is 0 Å². The highest BCUT2D eigenvalue weighted by Crippen LogP contribution is 2.40. The number of aromatic nitrogens is 1. The predicted octanol–water partition coefficient (Wildman–Crippen LogP) is 4.24. The highest BCUT2D eigenvalue weighted by molar-refractivity contribution is 6.15. The number of Topliss-reactive ketones (excluding diaryl/α,β-unsaturated/α-hetero) is 1. The summed E-state index contributed by atoms with van der Waals surface area (Å²) in [5.41, 5.74) is 1.42. The minimum Gasteiger partial charge on any atom is -0.503 e. The molecule has 0 saturated heterocycles. The number of aliphatic hydroxyl groups excluding tert-OH is 1. The summed E-state index contributed by atoms with van der Waals surface area (Å²) in [6.45, 7) is 2.73. The molecule has 1 aliphatic heterocycles. The third kappa shape index (κ3) is 4.07. The summed E-state index contributed by atoms with van der Waals surface area (Å²) in [7, 11) is 0. The molecule has 1 aliphatic rings. The molecule has 1 N–H and O–H groups in total. The first-order valence-electron chi connectivity index (χ1n) is 10.0. The van der Waals surface area contributed by atoms with E-state index in [1.165, 1.54) is 17.2 Å². The monoisotopic (exact) mass is 418 g/mol. The van der Waals surface area contributed by atoms with Gasteiger partial charge in [0.2, 0.25) is 5.78 Å². The largest absolute Gasteiger partial charge is 0.503 e. The van der Waals surface area contributed by atoms with Crippen molar-refractivity contribution < 1.29 is 23.8 Å². The summed E-state index contributed by atoms with van der Waals surface area (Å²) >= 11 is 0. The van der Waals surface area contributed by atoms with Gasteiger partial charge in [0.1, 0.15) is 5.75 Å². The third-order valence-electron chi connectivity index (χ3n) is 5.02. The Kier molecular flexibility index (Phi) is 5.84. The molecule has 0 fully saturated rings. The number of carbonyl (C=O) groups is 2. The molecule has 7 nitrogen and oxygen atoms in total. The van der Waals surface area contributed by atoms with Crippen molar-refractivity contribution in [3.8, 4) is 5.75 Å². The van der Waals surface area contributed by atoms with Gasteiger partial charge in [0.15, 0.2) is 11.5 Å². The number of hydrogen-bond donors (Lipinski definition) is 1. The maximum Gasteiger partial charge on any atom is 0.290 e. The lowest BCUT2D eigenvalue weighted by Gasteiger charge is -2.27. The quantitative estimate of drug-likeness (QED) is 0.550. The predicted molar refractivity (Wildman–Crippen MR) is 112 cm³/mol. The van der Waals surface area contributed by atoms with Crippen molar-refractivity contribution in [3.05, 3.63) is 95.4 Å². The number of aliphatic hydroxyl groups is 1. The minimum atomic E-state index is -0.796. The maximum absolute atomic E-state index is 13.2. The van der Waals surface area contributed by atoms with E-state index in [1.807, 2.05) is 19.1 Å². The Hall–Kier alpha value is -3.87. The summed E-state index contributed by atoms with van der Waals surface area (Å²) in [5, 5.41) is 10.7. The van der Waals surface area contributed by atoms with Crippen molar-refractivity contribution in [1.82, 2.24) is 9.88 Å². The molecule has 1 amide bonds. The second-order valence-electron chi connectivity index (χ2n) is 7.19. The number of hydrogen-bond acceptors (Lipinski definition) is 6. The fourth-order valence-electron chi connectivity index (χ4n) is 3.62. The Morgan fingerprint density at radius 1 is 1.23 bits per heavy atom. The lowest BCUT2D eigenvalue weighted by atomic mass is 9.94. The number of carbonyl (C=O) groups excluding carboxylic acids is 2. The van der Waals surface area contributed by atoms with Gasteiger partial charge in [-0.1, -0.05) is 25.1 Å². The van der Waals surface area contributed by atoms with Crippen molar-refractivity contribution >= 4 is 11.7 Å². The number of amides is 1. The van der Waals surface area contributed by atoms with Crippen molar-refractivity contribution in [3.63, 3.8) is 0 Å². The molecule has 0 radical (unpaired) electrons. The number of furan rings is 1. The molecule has 31 heavy (non-hydrogen) atoms. The normalized spacial score (nSPS) is 16.1. The molecular formula is C24H22N2O5. The second-order valence-corrected chi connectivity index (χ2v) is 7.19. The van der Waals surface area contributed by atoms with Gasteiger partial charge >= 0.3 is 0 Å². The van der Waals surface area contributed by atoms with Crippen molar-refractivity contribution in [2.75, 3.05) is 6.61 Å². The number of ether oxygens (including phenoxy) is 1. The molecule has 0 bridgehead atoms. The van der Waals surface area contributed by atoms with E-state index in [2.05, 4.69) is 4.98 Å². The first-order valence-corrected chi connectivity index (χ1v) is 10.0. The number of nitrogens with zero attached hydrogens (tertiary/aromatic N) is 2. The summed E-state index contributed by atoms with van der Waals surface area (Å²) < 4.78 is 11.0. The lowest BCUT2D eigenvalue weighted by Crippen LogP contribution is -2.30. The van der Waals surface area contributed by atoms with Crippen molar-refractivity contribution in [2.24, 2.45) is 0 Å². The van der Waals surface area contributed by atoms with E-state index in [0.717, 1.165) is 12.0 Å². The van der Waals surface area contributed by atoms with Crippen LogP contribution in [0.1, 0.15) is 41.1 Å². The number of rotatable bonds is 8. The number of pyridine rings is 1. The Morgan fingerprint density at radius 3 is 2.81 bits per heavy atom. The molecule has 4 rings (SSSR count). The van der Waals surface area contributed by atoms with Gasteiger partial charge in [-0.2, -0.15) is 0 Å². The summed E-state index contributed by atoms with van der Waals surface area (Å²) in [6, 6.07) is 13.1. The zero-order chi connectivity index (χ0) is 21.8. The van der Waals surface area contributed by atoms with Crippen LogP contribution in [0, 0.1) is 0 Å². The third-order valence-corrected chi connectivity index (χ3v) is 5.02. The molecule has 0 unspecified atom stereocenters. The topological polar surface area (TPSA) is 92.9 Å². The van der Waals surface area contributed by atoms with Gasteiger partial charge in [0.05, 0.1) is 24.5 Å². The zero-order valence-corrected chi connectivity index (χ0v) is 17.0. The van der Waals surface area contributed by atoms with E-state index < -0.39 is 23.5 Å². The first-order chi connectivity index (χ1) is 15.1. The van der Waals surface area contributed by atoms with Gasteiger partial charge in [0, 0.05) is 18.9 Å². The highest BCUT2D eigenvalue weighted by Gasteiger charge is 2.44. The zero-order valence-electron chi connectivity index (χ0n) is 17.0. The average Bonchev–Trinajstić information content (AvgIpc) is 3.42. The van der Waals surface area contributed by atoms with Gasteiger partial charge in [-0.15, -0.1) is 0 Å². The number of ketones is 1. The molecule has 0 spiro atoms. The van der Waals surface area contributed by atoms with E-state index in [9.17, 15) is 14.7 Å². The van der Waals surface area contributed by atoms with Gasteiger partial charge in [-0.25, -0.2) is 0 Å². The Morgan fingerprint density at radius 2 is 2.10 bits per heavy atom. The maximum atomic E-state index is 13.2.